The molecular formula is C18H24N4O3. The van der Waals surface area contributed by atoms with E-state index in [1.165, 1.54) is 10.9 Å². The fourth-order valence-corrected chi connectivity index (χ4v) is 3.31. The second-order valence-corrected chi connectivity index (χ2v) is 6.34. The summed E-state index contributed by atoms with van der Waals surface area (Å²) in [4.78, 5) is 34.2. The second-order valence-electron chi connectivity index (χ2n) is 6.34. The Kier molecular flexibility index (Phi) is 5.43. The third-order valence-corrected chi connectivity index (χ3v) is 4.68. The van der Waals surface area contributed by atoms with Gasteiger partial charge in [-0.15, -0.1) is 0 Å². The van der Waals surface area contributed by atoms with E-state index in [1.54, 1.807) is 7.11 Å². The van der Waals surface area contributed by atoms with Crippen LogP contribution in [0.2, 0.25) is 0 Å². The third kappa shape index (κ3) is 3.56. The minimum atomic E-state index is -0.586. The molecule has 0 saturated carbocycles. The average Bonchev–Trinajstić information content (AvgIpc) is 2.63. The topological polar surface area (TPSA) is 86.1 Å². The standard InChI is InChI=1S/C18H24N4O3/c1-3-15(17(23)19-8-9-25-2)22-11-20-16-13(18(22)24)10-12-6-4-5-7-14(12)21-16/h10-11,15H,3-9H2,1-2H3,(H,19,23)/t15-/m0/s1. The zero-order valence-electron chi connectivity index (χ0n) is 14.7. The molecule has 3 rings (SSSR count). The highest BCUT2D eigenvalue weighted by molar-refractivity contribution is 5.81. The maximum absolute atomic E-state index is 12.9. The van der Waals surface area contributed by atoms with Crippen molar-refractivity contribution in [2.75, 3.05) is 20.3 Å². The Morgan fingerprint density at radius 1 is 1.40 bits per heavy atom. The fraction of sp³-hybridized carbons (Fsp3) is 0.556. The zero-order chi connectivity index (χ0) is 17.8. The fourth-order valence-electron chi connectivity index (χ4n) is 3.31. The van der Waals surface area contributed by atoms with Gasteiger partial charge < -0.3 is 10.1 Å². The number of pyridine rings is 1. The van der Waals surface area contributed by atoms with E-state index in [2.05, 4.69) is 15.3 Å². The number of rotatable bonds is 6. The van der Waals surface area contributed by atoms with Crippen molar-refractivity contribution < 1.29 is 9.53 Å². The van der Waals surface area contributed by atoms with E-state index in [0.29, 0.717) is 30.6 Å². The predicted molar refractivity (Wildman–Crippen MR) is 94.7 cm³/mol. The summed E-state index contributed by atoms with van der Waals surface area (Å²) >= 11 is 0. The van der Waals surface area contributed by atoms with Crippen LogP contribution in [0, 0.1) is 0 Å². The summed E-state index contributed by atoms with van der Waals surface area (Å²) in [5.41, 5.74) is 2.44. The van der Waals surface area contributed by atoms with Gasteiger partial charge in [0.1, 0.15) is 12.4 Å². The van der Waals surface area contributed by atoms with Crippen LogP contribution in [0.15, 0.2) is 17.2 Å². The molecule has 1 N–H and O–H groups in total. The second kappa shape index (κ2) is 7.74. The van der Waals surface area contributed by atoms with Crippen LogP contribution in [0.3, 0.4) is 0 Å². The summed E-state index contributed by atoms with van der Waals surface area (Å²) in [5, 5.41) is 3.28. The van der Waals surface area contributed by atoms with Gasteiger partial charge in [-0.25, -0.2) is 9.97 Å². The van der Waals surface area contributed by atoms with Crippen LogP contribution in [0.25, 0.3) is 11.0 Å². The predicted octanol–water partition coefficient (Wildman–Crippen LogP) is 1.38. The van der Waals surface area contributed by atoms with E-state index in [-0.39, 0.29) is 11.5 Å². The first kappa shape index (κ1) is 17.5. The van der Waals surface area contributed by atoms with Crippen LogP contribution in [-0.4, -0.2) is 40.7 Å². The lowest BCUT2D eigenvalue weighted by molar-refractivity contribution is -0.124. The van der Waals surface area contributed by atoms with Crippen LogP contribution in [0.4, 0.5) is 0 Å². The monoisotopic (exact) mass is 344 g/mol. The Bertz CT molecular complexity index is 831. The van der Waals surface area contributed by atoms with Crippen LogP contribution < -0.4 is 10.9 Å². The number of methoxy groups -OCH3 is 1. The SMILES string of the molecule is CC[C@@H](C(=O)NCCOC)n1cnc2nc3c(cc2c1=O)CCCC3. The molecule has 2 aromatic rings. The lowest BCUT2D eigenvalue weighted by Crippen LogP contribution is -2.38. The summed E-state index contributed by atoms with van der Waals surface area (Å²) in [7, 11) is 1.58. The van der Waals surface area contributed by atoms with Crippen molar-refractivity contribution in [3.05, 3.63) is 34.0 Å². The number of carbonyl (C=O) groups is 1. The summed E-state index contributed by atoms with van der Waals surface area (Å²) < 4.78 is 6.36. The van der Waals surface area contributed by atoms with Crippen molar-refractivity contribution in [2.24, 2.45) is 0 Å². The number of aryl methyl sites for hydroxylation is 2. The highest BCUT2D eigenvalue weighted by Crippen LogP contribution is 2.22. The smallest absolute Gasteiger partial charge is 0.263 e. The minimum absolute atomic E-state index is 0.200. The Hall–Kier alpha value is -2.28. The lowest BCUT2D eigenvalue weighted by atomic mass is 9.95. The van der Waals surface area contributed by atoms with Crippen molar-refractivity contribution in [1.29, 1.82) is 0 Å². The van der Waals surface area contributed by atoms with Gasteiger partial charge in [0.25, 0.3) is 5.56 Å². The van der Waals surface area contributed by atoms with Crippen molar-refractivity contribution in [1.82, 2.24) is 19.9 Å². The first-order valence-electron chi connectivity index (χ1n) is 8.82. The summed E-state index contributed by atoms with van der Waals surface area (Å²) in [6, 6.07) is 1.33. The molecule has 0 aliphatic heterocycles. The number of nitrogens with one attached hydrogen (secondary N) is 1. The number of hydrogen-bond acceptors (Lipinski definition) is 5. The Labute approximate surface area is 146 Å². The molecule has 0 unspecified atom stereocenters. The molecule has 0 spiro atoms. The van der Waals surface area contributed by atoms with E-state index < -0.39 is 6.04 Å². The van der Waals surface area contributed by atoms with Gasteiger partial charge in [-0.2, -0.15) is 0 Å². The third-order valence-electron chi connectivity index (χ3n) is 4.68. The summed E-state index contributed by atoms with van der Waals surface area (Å²) in [6.45, 7) is 2.72. The first-order valence-corrected chi connectivity index (χ1v) is 8.82. The molecule has 1 aliphatic carbocycles. The Balaban J connectivity index is 1.97. The maximum atomic E-state index is 12.9. The molecule has 7 heteroatoms. The first-order chi connectivity index (χ1) is 12.2. The van der Waals surface area contributed by atoms with E-state index in [9.17, 15) is 9.59 Å². The van der Waals surface area contributed by atoms with Crippen LogP contribution in [0.5, 0.6) is 0 Å². The van der Waals surface area contributed by atoms with Crippen molar-refractivity contribution >= 4 is 16.9 Å². The molecule has 0 fully saturated rings. The van der Waals surface area contributed by atoms with E-state index >= 15 is 0 Å². The molecule has 7 nitrogen and oxygen atoms in total. The highest BCUT2D eigenvalue weighted by Gasteiger charge is 2.22. The number of fused-ring (bicyclic) bond motifs is 2. The number of aromatic nitrogens is 3. The number of carbonyl (C=O) groups excluding carboxylic acids is 1. The van der Waals surface area contributed by atoms with Crippen LogP contribution in [-0.2, 0) is 22.4 Å². The van der Waals surface area contributed by atoms with Crippen molar-refractivity contribution in [3.63, 3.8) is 0 Å². The van der Waals surface area contributed by atoms with E-state index in [0.717, 1.165) is 36.9 Å². The molecule has 0 aromatic carbocycles. The van der Waals surface area contributed by atoms with E-state index in [1.807, 2.05) is 13.0 Å². The van der Waals surface area contributed by atoms with Crippen LogP contribution in [0.1, 0.15) is 43.5 Å². The van der Waals surface area contributed by atoms with Crippen molar-refractivity contribution in [2.45, 2.75) is 45.1 Å². The number of amides is 1. The molecule has 1 aliphatic rings. The minimum Gasteiger partial charge on any atom is -0.383 e. The van der Waals surface area contributed by atoms with Gasteiger partial charge in [-0.3, -0.25) is 14.2 Å². The van der Waals surface area contributed by atoms with Gasteiger partial charge in [0, 0.05) is 19.3 Å². The largest absolute Gasteiger partial charge is 0.383 e. The molecule has 0 bridgehead atoms. The maximum Gasteiger partial charge on any atom is 0.263 e. The van der Waals surface area contributed by atoms with Gasteiger partial charge in [0.2, 0.25) is 5.91 Å². The molecule has 2 heterocycles. The van der Waals surface area contributed by atoms with Gasteiger partial charge in [-0.05, 0) is 43.7 Å². The molecule has 0 radical (unpaired) electrons. The van der Waals surface area contributed by atoms with E-state index in [4.69, 9.17) is 4.74 Å². The highest BCUT2D eigenvalue weighted by atomic mass is 16.5. The van der Waals surface area contributed by atoms with Gasteiger partial charge in [0.15, 0.2) is 5.65 Å². The average molecular weight is 344 g/mol. The molecule has 1 atom stereocenters. The molecule has 0 saturated heterocycles. The molecule has 134 valence electrons. The molecule has 1 amide bonds. The quantitative estimate of drug-likeness (QED) is 0.800. The Morgan fingerprint density at radius 2 is 2.20 bits per heavy atom. The van der Waals surface area contributed by atoms with Crippen LogP contribution >= 0.6 is 0 Å². The van der Waals surface area contributed by atoms with Gasteiger partial charge >= 0.3 is 0 Å². The number of nitrogens with zero attached hydrogens (tertiary/aromatic N) is 3. The normalized spacial score (nSPS) is 15.0. The molecule has 2 aromatic heterocycles. The lowest BCUT2D eigenvalue weighted by Gasteiger charge is -2.19. The summed E-state index contributed by atoms with van der Waals surface area (Å²) in [5.74, 6) is -0.200. The Morgan fingerprint density at radius 3 is 2.96 bits per heavy atom. The number of ether oxygens (including phenoxy) is 1. The van der Waals surface area contributed by atoms with Gasteiger partial charge in [-0.1, -0.05) is 6.92 Å². The van der Waals surface area contributed by atoms with Gasteiger partial charge in [0.05, 0.1) is 12.0 Å². The molecule has 25 heavy (non-hydrogen) atoms. The molecular weight excluding hydrogens is 320 g/mol. The summed E-state index contributed by atoms with van der Waals surface area (Å²) in [6.07, 6.45) is 6.08. The number of hydrogen-bond donors (Lipinski definition) is 1. The van der Waals surface area contributed by atoms with Crippen molar-refractivity contribution in [3.8, 4) is 0 Å². The zero-order valence-corrected chi connectivity index (χ0v) is 14.7.